The summed E-state index contributed by atoms with van der Waals surface area (Å²) in [5, 5.41) is 1.98. The minimum atomic E-state index is -4.22. The number of rotatable bonds is 2. The maximum Gasteiger partial charge on any atom is 0.428 e. The van der Waals surface area contributed by atoms with Crippen LogP contribution in [0.15, 0.2) is 18.2 Å². The molecule has 1 aromatic rings. The van der Waals surface area contributed by atoms with Gasteiger partial charge in [-0.15, -0.1) is 24.8 Å². The summed E-state index contributed by atoms with van der Waals surface area (Å²) in [6.45, 7) is 1.74. The Labute approximate surface area is 94.0 Å². The third-order valence-corrected chi connectivity index (χ3v) is 1.67. The van der Waals surface area contributed by atoms with Crippen molar-refractivity contribution in [3.8, 4) is 0 Å². The quantitative estimate of drug-likeness (QED) is 0.706. The molecule has 0 aliphatic heterocycles. The van der Waals surface area contributed by atoms with Crippen LogP contribution in [0.2, 0.25) is 0 Å². The van der Waals surface area contributed by atoms with E-state index in [1.54, 1.807) is 19.1 Å². The van der Waals surface area contributed by atoms with E-state index in [-0.39, 0.29) is 30.6 Å². The van der Waals surface area contributed by atoms with Gasteiger partial charge in [-0.1, -0.05) is 6.07 Å². The van der Waals surface area contributed by atoms with Gasteiger partial charge in [0.1, 0.15) is 5.82 Å². The Morgan fingerprint density at radius 1 is 1.36 bits per heavy atom. The van der Waals surface area contributed by atoms with E-state index in [1.165, 1.54) is 6.07 Å². The molecule has 3 N–H and O–H groups in total. The third kappa shape index (κ3) is 6.18. The van der Waals surface area contributed by atoms with Crippen LogP contribution in [0.3, 0.4) is 0 Å². The Morgan fingerprint density at radius 3 is 2.36 bits per heavy atom. The van der Waals surface area contributed by atoms with Crippen LogP contribution >= 0.6 is 32.6 Å². The molecule has 82 valence electrons. The van der Waals surface area contributed by atoms with Crippen LogP contribution in [-0.4, -0.2) is 14.8 Å². The number of halogens is 2. The maximum atomic E-state index is 10.5. The molecule has 1 heterocycles. The van der Waals surface area contributed by atoms with Gasteiger partial charge in [-0.3, -0.25) is 5.09 Å². The van der Waals surface area contributed by atoms with E-state index in [0.717, 1.165) is 0 Å². The van der Waals surface area contributed by atoms with E-state index in [1.807, 2.05) is 5.09 Å². The first kappa shape index (κ1) is 16.1. The monoisotopic (exact) mass is 260 g/mol. The van der Waals surface area contributed by atoms with E-state index in [9.17, 15) is 4.57 Å². The van der Waals surface area contributed by atoms with E-state index >= 15 is 0 Å². The summed E-state index contributed by atoms with van der Waals surface area (Å²) in [6, 6.07) is 4.90. The van der Waals surface area contributed by atoms with Gasteiger partial charge in [-0.05, 0) is 19.1 Å². The molecule has 0 aromatic carbocycles. The molecule has 0 aliphatic rings. The van der Waals surface area contributed by atoms with Crippen LogP contribution in [0, 0.1) is 6.92 Å². The maximum absolute atomic E-state index is 10.5. The zero-order valence-corrected chi connectivity index (χ0v) is 9.77. The van der Waals surface area contributed by atoms with Gasteiger partial charge in [-0.2, -0.15) is 0 Å². The van der Waals surface area contributed by atoms with Crippen molar-refractivity contribution >= 4 is 38.4 Å². The third-order valence-electron chi connectivity index (χ3n) is 1.15. The summed E-state index contributed by atoms with van der Waals surface area (Å²) in [4.78, 5) is 20.9. The fourth-order valence-corrected chi connectivity index (χ4v) is 1.18. The predicted octanol–water partition coefficient (Wildman–Crippen LogP) is 1.74. The highest BCUT2D eigenvalue weighted by Crippen LogP contribution is 2.34. The summed E-state index contributed by atoms with van der Waals surface area (Å²) in [5.74, 6) is 0.184. The van der Waals surface area contributed by atoms with Crippen molar-refractivity contribution in [3.05, 3.63) is 23.9 Å². The standard InChI is InChI=1S/C6H9N2O3P.2ClH/c1-5-3-2-4-6(7-5)8-12(9,10)11;;/h2-4H,1H3,(H3,7,8,9,10,11);2*1H. The molecule has 0 saturated carbocycles. The van der Waals surface area contributed by atoms with Crippen LogP contribution in [0.5, 0.6) is 0 Å². The normalized spacial score (nSPS) is 9.64. The van der Waals surface area contributed by atoms with Crippen molar-refractivity contribution in [1.82, 2.24) is 4.98 Å². The smallest absolute Gasteiger partial charge is 0.308 e. The summed E-state index contributed by atoms with van der Waals surface area (Å²) >= 11 is 0. The lowest BCUT2D eigenvalue weighted by Gasteiger charge is -2.06. The molecule has 14 heavy (non-hydrogen) atoms. The first-order chi connectivity index (χ1) is 5.47. The lowest BCUT2D eigenvalue weighted by atomic mass is 10.4. The van der Waals surface area contributed by atoms with Crippen molar-refractivity contribution in [3.63, 3.8) is 0 Å². The minimum absolute atomic E-state index is 0. The Morgan fingerprint density at radius 2 is 1.93 bits per heavy atom. The highest BCUT2D eigenvalue weighted by molar-refractivity contribution is 7.53. The van der Waals surface area contributed by atoms with Crippen molar-refractivity contribution in [2.45, 2.75) is 6.92 Å². The zero-order valence-electron chi connectivity index (χ0n) is 7.25. The first-order valence-electron chi connectivity index (χ1n) is 3.25. The Kier molecular flexibility index (Phi) is 7.16. The second-order valence-corrected chi connectivity index (χ2v) is 3.63. The number of aryl methyl sites for hydroxylation is 1. The SMILES string of the molecule is Cc1cccc(NP(=O)(O)O)n1.Cl.Cl. The summed E-state index contributed by atoms with van der Waals surface area (Å²) in [7, 11) is -4.22. The number of hydrogen-bond donors (Lipinski definition) is 3. The van der Waals surface area contributed by atoms with Gasteiger partial charge < -0.3 is 9.79 Å². The van der Waals surface area contributed by atoms with Gasteiger partial charge in [0.05, 0.1) is 0 Å². The highest BCUT2D eigenvalue weighted by atomic mass is 35.5. The van der Waals surface area contributed by atoms with Crippen LogP contribution in [-0.2, 0) is 4.57 Å². The molecule has 0 unspecified atom stereocenters. The summed E-state index contributed by atoms with van der Waals surface area (Å²) in [6.07, 6.45) is 0. The Bertz CT molecular complexity index is 331. The summed E-state index contributed by atoms with van der Waals surface area (Å²) in [5.41, 5.74) is 0.702. The molecule has 0 radical (unpaired) electrons. The second kappa shape index (κ2) is 6.22. The van der Waals surface area contributed by atoms with Crippen molar-refractivity contribution in [1.29, 1.82) is 0 Å². The lowest BCUT2D eigenvalue weighted by Crippen LogP contribution is -1.97. The first-order valence-corrected chi connectivity index (χ1v) is 4.86. The second-order valence-electron chi connectivity index (χ2n) is 2.32. The number of pyridine rings is 1. The predicted molar refractivity (Wildman–Crippen MR) is 59.1 cm³/mol. The van der Waals surface area contributed by atoms with Crippen LogP contribution in [0.1, 0.15) is 5.69 Å². The largest absolute Gasteiger partial charge is 0.428 e. The lowest BCUT2D eigenvalue weighted by molar-refractivity contribution is 0.380. The average molecular weight is 261 g/mol. The van der Waals surface area contributed by atoms with E-state index < -0.39 is 7.75 Å². The fourth-order valence-electron chi connectivity index (χ4n) is 0.755. The van der Waals surface area contributed by atoms with Crippen LogP contribution in [0.25, 0.3) is 0 Å². The number of anilines is 1. The van der Waals surface area contributed by atoms with Gasteiger partial charge in [-0.25, -0.2) is 9.55 Å². The van der Waals surface area contributed by atoms with E-state index in [4.69, 9.17) is 9.79 Å². The molecule has 0 saturated heterocycles. The van der Waals surface area contributed by atoms with Crippen LogP contribution < -0.4 is 5.09 Å². The van der Waals surface area contributed by atoms with Gasteiger partial charge >= 0.3 is 7.75 Å². The number of hydrogen-bond acceptors (Lipinski definition) is 2. The highest BCUT2D eigenvalue weighted by Gasteiger charge is 2.12. The average Bonchev–Trinajstić information content (AvgIpc) is 1.82. The molecule has 0 fully saturated rings. The molecule has 8 heteroatoms. The number of nitrogens with zero attached hydrogens (tertiary/aromatic N) is 1. The van der Waals surface area contributed by atoms with E-state index in [2.05, 4.69) is 4.98 Å². The van der Waals surface area contributed by atoms with Gasteiger partial charge in [0.2, 0.25) is 0 Å². The summed E-state index contributed by atoms with van der Waals surface area (Å²) < 4.78 is 10.5. The Balaban J connectivity index is 0. The van der Waals surface area contributed by atoms with Gasteiger partial charge in [0.15, 0.2) is 0 Å². The minimum Gasteiger partial charge on any atom is -0.308 e. The molecular formula is C6H11Cl2N2O3P. The zero-order chi connectivity index (χ0) is 9.19. The number of nitrogens with one attached hydrogen (secondary N) is 1. The molecule has 1 aromatic heterocycles. The molecule has 0 spiro atoms. The van der Waals surface area contributed by atoms with E-state index in [0.29, 0.717) is 5.69 Å². The molecular weight excluding hydrogens is 250 g/mol. The molecule has 0 amide bonds. The van der Waals surface area contributed by atoms with Gasteiger partial charge in [0.25, 0.3) is 0 Å². The Hall–Kier alpha value is -0.320. The van der Waals surface area contributed by atoms with Crippen molar-refractivity contribution in [2.24, 2.45) is 0 Å². The number of aromatic nitrogens is 1. The van der Waals surface area contributed by atoms with Crippen molar-refractivity contribution < 1.29 is 14.4 Å². The molecule has 0 bridgehead atoms. The fraction of sp³-hybridized carbons (Fsp3) is 0.167. The molecule has 1 rings (SSSR count). The molecule has 5 nitrogen and oxygen atoms in total. The van der Waals surface area contributed by atoms with Gasteiger partial charge in [0, 0.05) is 5.69 Å². The molecule has 0 atom stereocenters. The van der Waals surface area contributed by atoms with Crippen molar-refractivity contribution in [2.75, 3.05) is 5.09 Å². The van der Waals surface area contributed by atoms with Crippen LogP contribution in [0.4, 0.5) is 5.82 Å². The molecule has 0 aliphatic carbocycles. The topological polar surface area (TPSA) is 82.5 Å².